The molecule has 92 valence electrons. The van der Waals surface area contributed by atoms with Crippen molar-refractivity contribution in [3.63, 3.8) is 0 Å². The Morgan fingerprint density at radius 2 is 2.12 bits per heavy atom. The number of nitrogens with one attached hydrogen (secondary N) is 1. The SMILES string of the molecule is CCN1CC2NCCC2C1C(=O)C(C)(C)C. The highest BCUT2D eigenvalue weighted by Crippen LogP contribution is 2.35. The molecule has 0 aromatic carbocycles. The largest absolute Gasteiger partial charge is 0.312 e. The van der Waals surface area contributed by atoms with Crippen molar-refractivity contribution in [3.8, 4) is 0 Å². The van der Waals surface area contributed by atoms with Crippen LogP contribution in [0.3, 0.4) is 0 Å². The Hall–Kier alpha value is -0.410. The maximum Gasteiger partial charge on any atom is 0.155 e. The van der Waals surface area contributed by atoms with Gasteiger partial charge in [-0.3, -0.25) is 9.69 Å². The molecule has 3 nitrogen and oxygen atoms in total. The minimum Gasteiger partial charge on any atom is -0.312 e. The molecule has 0 aliphatic carbocycles. The number of Topliss-reactive ketones (excluding diaryl/α,β-unsaturated/α-hetero) is 1. The molecule has 0 aromatic heterocycles. The lowest BCUT2D eigenvalue weighted by molar-refractivity contribution is -0.132. The molecule has 0 saturated carbocycles. The molecule has 0 aromatic rings. The number of hydrogen-bond donors (Lipinski definition) is 1. The summed E-state index contributed by atoms with van der Waals surface area (Å²) in [4.78, 5) is 14.9. The van der Waals surface area contributed by atoms with Crippen molar-refractivity contribution in [1.82, 2.24) is 10.2 Å². The van der Waals surface area contributed by atoms with Crippen molar-refractivity contribution in [2.45, 2.75) is 46.2 Å². The number of hydrogen-bond acceptors (Lipinski definition) is 3. The summed E-state index contributed by atoms with van der Waals surface area (Å²) in [6.45, 7) is 11.4. The molecule has 2 saturated heterocycles. The Morgan fingerprint density at radius 1 is 1.44 bits per heavy atom. The Balaban J connectivity index is 2.19. The van der Waals surface area contributed by atoms with Crippen molar-refractivity contribution in [2.75, 3.05) is 19.6 Å². The number of carbonyl (C=O) groups excluding carboxylic acids is 1. The third-order valence-electron chi connectivity index (χ3n) is 4.05. The Bertz CT molecular complexity index is 282. The maximum absolute atomic E-state index is 12.5. The fourth-order valence-corrected chi connectivity index (χ4v) is 3.13. The lowest BCUT2D eigenvalue weighted by Crippen LogP contribution is -2.45. The number of likely N-dealkylation sites (N-methyl/N-ethyl adjacent to an activating group) is 1. The van der Waals surface area contributed by atoms with Crippen molar-refractivity contribution in [1.29, 1.82) is 0 Å². The van der Waals surface area contributed by atoms with Crippen LogP contribution in [0.15, 0.2) is 0 Å². The molecular weight excluding hydrogens is 200 g/mol. The number of carbonyl (C=O) groups is 1. The highest BCUT2D eigenvalue weighted by molar-refractivity contribution is 5.89. The molecule has 1 N–H and O–H groups in total. The van der Waals surface area contributed by atoms with E-state index in [0.717, 1.165) is 26.1 Å². The third kappa shape index (κ3) is 1.91. The first-order chi connectivity index (χ1) is 7.45. The minimum absolute atomic E-state index is 0.157. The van der Waals surface area contributed by atoms with Gasteiger partial charge in [0.25, 0.3) is 0 Å². The lowest BCUT2D eigenvalue weighted by atomic mass is 9.81. The van der Waals surface area contributed by atoms with Gasteiger partial charge >= 0.3 is 0 Å². The van der Waals surface area contributed by atoms with Gasteiger partial charge in [-0.15, -0.1) is 0 Å². The topological polar surface area (TPSA) is 32.3 Å². The molecule has 3 unspecified atom stereocenters. The molecule has 0 spiro atoms. The molecule has 0 amide bonds. The summed E-state index contributed by atoms with van der Waals surface area (Å²) < 4.78 is 0. The van der Waals surface area contributed by atoms with Crippen LogP contribution in [0, 0.1) is 11.3 Å². The van der Waals surface area contributed by atoms with E-state index in [1.54, 1.807) is 0 Å². The number of ketones is 1. The van der Waals surface area contributed by atoms with Gasteiger partial charge in [0, 0.05) is 18.0 Å². The van der Waals surface area contributed by atoms with E-state index >= 15 is 0 Å². The smallest absolute Gasteiger partial charge is 0.155 e. The number of nitrogens with zero attached hydrogens (tertiary/aromatic N) is 1. The molecule has 2 aliphatic rings. The molecule has 3 atom stereocenters. The molecule has 2 rings (SSSR count). The van der Waals surface area contributed by atoms with Crippen LogP contribution in [0.2, 0.25) is 0 Å². The van der Waals surface area contributed by atoms with Crippen LogP contribution in [0.5, 0.6) is 0 Å². The van der Waals surface area contributed by atoms with E-state index in [1.165, 1.54) is 0 Å². The Morgan fingerprint density at radius 3 is 2.69 bits per heavy atom. The van der Waals surface area contributed by atoms with E-state index in [9.17, 15) is 4.79 Å². The van der Waals surface area contributed by atoms with Gasteiger partial charge < -0.3 is 5.32 Å². The van der Waals surface area contributed by atoms with E-state index in [-0.39, 0.29) is 11.5 Å². The number of likely N-dealkylation sites (tertiary alicyclic amines) is 1. The van der Waals surface area contributed by atoms with Crippen LogP contribution >= 0.6 is 0 Å². The van der Waals surface area contributed by atoms with E-state index < -0.39 is 0 Å². The van der Waals surface area contributed by atoms with Crippen molar-refractivity contribution in [3.05, 3.63) is 0 Å². The van der Waals surface area contributed by atoms with Gasteiger partial charge in [0.1, 0.15) is 0 Å². The molecule has 2 heterocycles. The average Bonchev–Trinajstić information content (AvgIpc) is 2.73. The fraction of sp³-hybridized carbons (Fsp3) is 0.923. The second-order valence-electron chi connectivity index (χ2n) is 6.16. The first-order valence-electron chi connectivity index (χ1n) is 6.47. The van der Waals surface area contributed by atoms with E-state index in [1.807, 2.05) is 20.8 Å². The van der Waals surface area contributed by atoms with Crippen molar-refractivity contribution >= 4 is 5.78 Å². The second-order valence-corrected chi connectivity index (χ2v) is 6.16. The summed E-state index contributed by atoms with van der Waals surface area (Å²) in [7, 11) is 0. The van der Waals surface area contributed by atoms with Crippen molar-refractivity contribution < 1.29 is 4.79 Å². The molecule has 0 radical (unpaired) electrons. The zero-order valence-corrected chi connectivity index (χ0v) is 10.9. The number of fused-ring (bicyclic) bond motifs is 1. The predicted octanol–water partition coefficient (Wildman–Crippen LogP) is 1.28. The van der Waals surface area contributed by atoms with Crippen LogP contribution in [0.25, 0.3) is 0 Å². The Kier molecular flexibility index (Phi) is 3.10. The van der Waals surface area contributed by atoms with E-state index in [4.69, 9.17) is 0 Å². The highest BCUT2D eigenvalue weighted by Gasteiger charge is 2.48. The summed E-state index contributed by atoms with van der Waals surface area (Å²) in [6.07, 6.45) is 1.16. The standard InChI is InChI=1S/C13H24N2O/c1-5-15-8-10-9(6-7-14-10)11(15)12(16)13(2,3)4/h9-11,14H,5-8H2,1-4H3. The second kappa shape index (κ2) is 4.11. The van der Waals surface area contributed by atoms with Gasteiger partial charge in [-0.2, -0.15) is 0 Å². The van der Waals surface area contributed by atoms with Crippen LogP contribution in [-0.2, 0) is 4.79 Å². The fourth-order valence-electron chi connectivity index (χ4n) is 3.13. The average molecular weight is 224 g/mol. The van der Waals surface area contributed by atoms with Gasteiger partial charge in [0.2, 0.25) is 0 Å². The summed E-state index contributed by atoms with van der Waals surface area (Å²) in [6, 6.07) is 0.709. The van der Waals surface area contributed by atoms with Gasteiger partial charge in [0.15, 0.2) is 5.78 Å². The van der Waals surface area contributed by atoms with Crippen LogP contribution in [-0.4, -0.2) is 42.4 Å². The van der Waals surface area contributed by atoms with Crippen molar-refractivity contribution in [2.24, 2.45) is 11.3 Å². The molecule has 3 heteroatoms. The first kappa shape index (κ1) is 12.1. The molecular formula is C13H24N2O. The zero-order chi connectivity index (χ0) is 11.9. The molecule has 16 heavy (non-hydrogen) atoms. The third-order valence-corrected chi connectivity index (χ3v) is 4.05. The number of rotatable bonds is 2. The molecule has 2 aliphatic heterocycles. The van der Waals surface area contributed by atoms with Crippen LogP contribution in [0.1, 0.15) is 34.1 Å². The van der Waals surface area contributed by atoms with Gasteiger partial charge in [-0.1, -0.05) is 27.7 Å². The summed E-state index contributed by atoms with van der Waals surface area (Å²) in [5.74, 6) is 0.970. The van der Waals surface area contributed by atoms with E-state index in [0.29, 0.717) is 17.7 Å². The van der Waals surface area contributed by atoms with Gasteiger partial charge in [-0.25, -0.2) is 0 Å². The zero-order valence-electron chi connectivity index (χ0n) is 10.9. The molecule has 2 fully saturated rings. The summed E-state index contributed by atoms with van der Waals surface area (Å²) in [5, 5.41) is 3.53. The summed E-state index contributed by atoms with van der Waals surface area (Å²) >= 11 is 0. The first-order valence-corrected chi connectivity index (χ1v) is 6.47. The Labute approximate surface area is 98.6 Å². The maximum atomic E-state index is 12.5. The van der Waals surface area contributed by atoms with Gasteiger partial charge in [0.05, 0.1) is 6.04 Å². The van der Waals surface area contributed by atoms with Gasteiger partial charge in [-0.05, 0) is 25.4 Å². The summed E-state index contributed by atoms with van der Waals surface area (Å²) in [5.41, 5.74) is -0.213. The normalized spacial score (nSPS) is 35.4. The monoisotopic (exact) mass is 224 g/mol. The predicted molar refractivity (Wildman–Crippen MR) is 65.4 cm³/mol. The highest BCUT2D eigenvalue weighted by atomic mass is 16.1. The van der Waals surface area contributed by atoms with Crippen LogP contribution in [0.4, 0.5) is 0 Å². The van der Waals surface area contributed by atoms with E-state index in [2.05, 4.69) is 17.1 Å². The minimum atomic E-state index is -0.213. The van der Waals surface area contributed by atoms with Crippen LogP contribution < -0.4 is 5.32 Å². The lowest BCUT2D eigenvalue weighted by Gasteiger charge is -2.30. The molecule has 0 bridgehead atoms. The quantitative estimate of drug-likeness (QED) is 0.767.